The molecule has 4 N–H and O–H groups in total. The van der Waals surface area contributed by atoms with Gasteiger partial charge in [-0.3, -0.25) is 24.0 Å². The highest BCUT2D eigenvalue weighted by atomic mass is 16.6. The van der Waals surface area contributed by atoms with Crippen LogP contribution in [0.15, 0.2) is 47.6 Å². The molecular formula is C56H85NO16. The van der Waals surface area contributed by atoms with E-state index in [4.69, 9.17) is 28.4 Å². The monoisotopic (exact) mass is 1030 g/mol. The summed E-state index contributed by atoms with van der Waals surface area (Å²) >= 11 is 0. The smallest absolute Gasteiger partial charge is 0.329 e. The maximum Gasteiger partial charge on any atom is 0.329 e. The summed E-state index contributed by atoms with van der Waals surface area (Å²) in [6.07, 6.45) is 9.28. The Hall–Kier alpha value is -3.94. The van der Waals surface area contributed by atoms with E-state index in [1.807, 2.05) is 51.2 Å². The molecule has 6 rings (SSSR count). The fourth-order valence-electron chi connectivity index (χ4n) is 11.9. The first-order valence-electron chi connectivity index (χ1n) is 26.4. The lowest BCUT2D eigenvalue weighted by molar-refractivity contribution is -0.265. The van der Waals surface area contributed by atoms with E-state index in [0.717, 1.165) is 5.57 Å². The number of carbonyl (C=O) groups excluding carboxylic acids is 6. The van der Waals surface area contributed by atoms with Crippen molar-refractivity contribution in [3.8, 4) is 0 Å². The predicted molar refractivity (Wildman–Crippen MR) is 269 cm³/mol. The number of rotatable bonds is 8. The molecule has 16 unspecified atom stereocenters. The largest absolute Gasteiger partial charge is 0.460 e. The van der Waals surface area contributed by atoms with Crippen molar-refractivity contribution in [2.45, 2.75) is 181 Å². The number of Topliss-reactive ketones (excluding diaryl/α,β-unsaturated/α-hetero) is 3. The van der Waals surface area contributed by atoms with Crippen LogP contribution in [0.3, 0.4) is 0 Å². The lowest BCUT2D eigenvalue weighted by Gasteiger charge is -2.58. The molecule has 0 aromatic rings. The summed E-state index contributed by atoms with van der Waals surface area (Å²) in [7, 11) is 4.41. The van der Waals surface area contributed by atoms with Crippen LogP contribution in [-0.4, -0.2) is 156 Å². The van der Waals surface area contributed by atoms with Crippen LogP contribution in [0.5, 0.6) is 0 Å². The number of methoxy groups -OCH3 is 3. The first-order chi connectivity index (χ1) is 34.5. The zero-order chi connectivity index (χ0) is 54.2. The van der Waals surface area contributed by atoms with E-state index in [0.29, 0.717) is 50.5 Å². The van der Waals surface area contributed by atoms with Gasteiger partial charge in [0, 0.05) is 63.4 Å². The number of amides is 1. The number of hydrogen-bond acceptors (Lipinski definition) is 16. The highest BCUT2D eigenvalue weighted by molar-refractivity contribution is 6.39. The van der Waals surface area contributed by atoms with Crippen molar-refractivity contribution in [3.05, 3.63) is 47.6 Å². The molecule has 0 aromatic carbocycles. The fourth-order valence-corrected chi connectivity index (χ4v) is 11.9. The lowest BCUT2D eigenvalue weighted by atomic mass is 9.47. The second-order valence-electron chi connectivity index (χ2n) is 22.2. The molecular weight excluding hydrogens is 943 g/mol. The summed E-state index contributed by atoms with van der Waals surface area (Å²) in [5.74, 6) is -9.65. The Kier molecular flexibility index (Phi) is 21.1. The number of allylic oxidation sites excluding steroid dienone is 6. The second kappa shape index (κ2) is 25.7. The van der Waals surface area contributed by atoms with Crippen LogP contribution in [-0.2, 0) is 57.2 Å². The normalized spacial score (nSPS) is 40.6. The molecule has 0 spiro atoms. The van der Waals surface area contributed by atoms with Gasteiger partial charge in [-0.2, -0.15) is 0 Å². The van der Waals surface area contributed by atoms with Gasteiger partial charge >= 0.3 is 11.9 Å². The maximum atomic E-state index is 15.3. The number of piperidine rings is 1. The summed E-state index contributed by atoms with van der Waals surface area (Å²) in [6, 6.07) is -1.14. The zero-order valence-electron chi connectivity index (χ0n) is 45.1. The van der Waals surface area contributed by atoms with Gasteiger partial charge in [-0.05, 0) is 108 Å². The van der Waals surface area contributed by atoms with Crippen LogP contribution < -0.4 is 0 Å². The molecule has 4 heterocycles. The summed E-state index contributed by atoms with van der Waals surface area (Å²) in [6.45, 7) is 12.8. The highest BCUT2D eigenvalue weighted by Gasteiger charge is 2.64. The summed E-state index contributed by atoms with van der Waals surface area (Å²) in [5.41, 5.74) is -1.44. The van der Waals surface area contributed by atoms with E-state index in [-0.39, 0.29) is 55.6 Å². The average molecular weight is 1030 g/mol. The van der Waals surface area contributed by atoms with E-state index in [1.165, 1.54) is 26.0 Å². The summed E-state index contributed by atoms with van der Waals surface area (Å²) < 4.78 is 35.6. The summed E-state index contributed by atoms with van der Waals surface area (Å²) in [5, 5.41) is 43.4. The van der Waals surface area contributed by atoms with Crippen molar-refractivity contribution in [2.75, 3.05) is 41.1 Å². The number of esters is 2. The van der Waals surface area contributed by atoms with E-state index in [9.17, 15) is 44.4 Å². The number of aliphatic hydroxyl groups is 4. The molecule has 16 atom stereocenters. The van der Waals surface area contributed by atoms with Crippen LogP contribution in [0, 0.1) is 46.3 Å². The summed E-state index contributed by atoms with van der Waals surface area (Å²) in [4.78, 5) is 86.5. The molecule has 4 bridgehead atoms. The molecule has 17 heteroatoms. The number of carbonyl (C=O) groups is 6. The van der Waals surface area contributed by atoms with Crippen molar-refractivity contribution in [3.63, 3.8) is 0 Å². The average Bonchev–Trinajstić information content (AvgIpc) is 3.38. The van der Waals surface area contributed by atoms with Crippen molar-refractivity contribution in [1.29, 1.82) is 0 Å². The van der Waals surface area contributed by atoms with Gasteiger partial charge in [0.25, 0.3) is 11.7 Å². The van der Waals surface area contributed by atoms with Gasteiger partial charge in [-0.15, -0.1) is 0 Å². The number of ketones is 3. The van der Waals surface area contributed by atoms with Crippen molar-refractivity contribution in [2.24, 2.45) is 46.3 Å². The van der Waals surface area contributed by atoms with Gasteiger partial charge in [-0.1, -0.05) is 71.1 Å². The molecule has 2 saturated carbocycles. The van der Waals surface area contributed by atoms with Crippen LogP contribution >= 0.6 is 0 Å². The van der Waals surface area contributed by atoms with Gasteiger partial charge in [0.15, 0.2) is 5.78 Å². The number of ether oxygens (including phenoxy) is 6. The predicted octanol–water partition coefficient (Wildman–Crippen LogP) is 5.33. The Morgan fingerprint density at radius 1 is 0.836 bits per heavy atom. The van der Waals surface area contributed by atoms with Crippen molar-refractivity contribution >= 4 is 35.2 Å². The number of hydrogen-bond donors (Lipinski definition) is 4. The zero-order valence-corrected chi connectivity index (χ0v) is 45.1. The molecule has 0 aromatic heterocycles. The van der Waals surface area contributed by atoms with E-state index < -0.39 is 126 Å². The molecule has 410 valence electrons. The maximum absolute atomic E-state index is 15.3. The van der Waals surface area contributed by atoms with Crippen LogP contribution in [0.2, 0.25) is 0 Å². The van der Waals surface area contributed by atoms with Gasteiger partial charge in [0.1, 0.15) is 41.7 Å². The van der Waals surface area contributed by atoms with Crippen LogP contribution in [0.4, 0.5) is 0 Å². The van der Waals surface area contributed by atoms with Gasteiger partial charge in [0.2, 0.25) is 5.79 Å². The quantitative estimate of drug-likeness (QED) is 0.136. The number of aliphatic hydroxyl groups excluding tert-OH is 3. The Bertz CT molecular complexity index is 2090. The standard InChI is InChI=1S/C56H85NO16/c1-32-17-13-12-14-18-33(2)43(68-9)28-40-22-20-37(6)56(67,73-40)50(63)51(64)57-24-16-15-19-41(57)52(65)71-45-29-55(38(45)7,39-21-23-42(44(27-39)69-10)72-53(66)54(8,30-58)31-59)49(62)36(5)26-35(4)47(61)48(70-11)46(60)34(3)25-32/h12-14,17-18,26,32,34,36-45,47-48,58-59,61,67H,15-16,19-25,27-31H2,1-11H3/b14-12+,17-13-,33-18+,35-26+. The first-order valence-corrected chi connectivity index (χ1v) is 26.4. The van der Waals surface area contributed by atoms with E-state index >= 15 is 4.79 Å². The molecule has 2 saturated heterocycles. The Labute approximate surface area is 432 Å². The molecule has 4 fully saturated rings. The Balaban J connectivity index is 1.51. The topological polar surface area (TPSA) is 242 Å². The van der Waals surface area contributed by atoms with E-state index in [2.05, 4.69) is 0 Å². The van der Waals surface area contributed by atoms with E-state index in [1.54, 1.807) is 40.9 Å². The minimum atomic E-state index is -2.45. The molecule has 2 aliphatic carbocycles. The molecule has 73 heavy (non-hydrogen) atoms. The van der Waals surface area contributed by atoms with Crippen LogP contribution in [0.1, 0.15) is 126 Å². The lowest BCUT2D eigenvalue weighted by Crippen LogP contribution is -2.64. The van der Waals surface area contributed by atoms with Crippen molar-refractivity contribution < 1.29 is 77.6 Å². The number of nitrogens with zero attached hydrogens (tertiary/aromatic N) is 1. The SMILES string of the molecule is COC1CC2CCC(C)C(O)(O2)C(=O)C(=O)N2CCCCC2C(=O)OC2CC(C3CCC(OC(=O)C(C)(CO)CO)C(OC)C3)(C(=O)C(C)/C=C(\C)C(O)C(OC)C(=O)C(C)CC(C)\C=C/C=C/C=C/1C)C2C. The molecule has 6 aliphatic rings. The third-order valence-corrected chi connectivity index (χ3v) is 17.1. The van der Waals surface area contributed by atoms with Crippen molar-refractivity contribution in [1.82, 2.24) is 4.90 Å². The van der Waals surface area contributed by atoms with Gasteiger partial charge in [-0.25, -0.2) is 4.79 Å². The second-order valence-corrected chi connectivity index (χ2v) is 22.2. The van der Waals surface area contributed by atoms with Crippen LogP contribution in [0.25, 0.3) is 0 Å². The van der Waals surface area contributed by atoms with Gasteiger partial charge < -0.3 is 53.7 Å². The third-order valence-electron chi connectivity index (χ3n) is 17.1. The van der Waals surface area contributed by atoms with Gasteiger partial charge in [0.05, 0.1) is 31.5 Å². The highest BCUT2D eigenvalue weighted by Crippen LogP contribution is 2.59. The third kappa shape index (κ3) is 13.0. The number of fused-ring (bicyclic) bond motifs is 15. The molecule has 0 radical (unpaired) electrons. The minimum absolute atomic E-state index is 0.0190. The first kappa shape index (κ1) is 59.9. The molecule has 4 aliphatic heterocycles. The molecule has 1 amide bonds. The minimum Gasteiger partial charge on any atom is -0.460 e. The molecule has 17 nitrogen and oxygen atoms in total. The Morgan fingerprint density at radius 3 is 2.16 bits per heavy atom. The fraction of sp³-hybridized carbons (Fsp3) is 0.750. The Morgan fingerprint density at radius 2 is 1.53 bits per heavy atom.